The Hall–Kier alpha value is -2.93. The summed E-state index contributed by atoms with van der Waals surface area (Å²) in [5.74, 6) is -0.826. The lowest BCUT2D eigenvalue weighted by Gasteiger charge is -2.15. The van der Waals surface area contributed by atoms with Crippen LogP contribution in [-0.4, -0.2) is 45.0 Å². The topological polar surface area (TPSA) is 92.2 Å². The van der Waals surface area contributed by atoms with Gasteiger partial charge in [-0.05, 0) is 42.7 Å². The van der Waals surface area contributed by atoms with Gasteiger partial charge in [0.1, 0.15) is 6.04 Å². The lowest BCUT2D eigenvalue weighted by Crippen LogP contribution is -2.41. The molecule has 1 amide bonds. The molecule has 2 N–H and O–H groups in total. The molecule has 1 aromatic carbocycles. The van der Waals surface area contributed by atoms with Crippen LogP contribution in [0.25, 0.3) is 22.3 Å². The maximum absolute atomic E-state index is 12.9. The molecule has 2 heterocycles. The molecule has 0 radical (unpaired) electrons. The molecule has 0 saturated carbocycles. The fourth-order valence-electron chi connectivity index (χ4n) is 2.74. The molecule has 0 spiro atoms. The summed E-state index contributed by atoms with van der Waals surface area (Å²) >= 11 is 1.54. The average Bonchev–Trinajstić information content (AvgIpc) is 2.70. The number of nitrogens with zero attached hydrogens (tertiary/aromatic N) is 2. The maximum Gasteiger partial charge on any atom is 0.326 e. The molecule has 0 aliphatic heterocycles. The number of para-hydroxylation sites is 1. The van der Waals surface area contributed by atoms with Crippen LogP contribution in [0.5, 0.6) is 0 Å². The van der Waals surface area contributed by atoms with Crippen molar-refractivity contribution in [2.75, 3.05) is 12.0 Å². The van der Waals surface area contributed by atoms with Crippen molar-refractivity contribution >= 4 is 34.5 Å². The minimum absolute atomic E-state index is 0.359. The van der Waals surface area contributed by atoms with E-state index in [0.29, 0.717) is 40.0 Å². The third-order valence-electron chi connectivity index (χ3n) is 4.10. The van der Waals surface area contributed by atoms with Crippen LogP contribution in [0.3, 0.4) is 0 Å². The molecule has 27 heavy (non-hydrogen) atoms. The molecule has 3 aromatic rings. The summed E-state index contributed by atoms with van der Waals surface area (Å²) in [4.78, 5) is 33.3. The van der Waals surface area contributed by atoms with Crippen LogP contribution < -0.4 is 5.32 Å². The first-order valence-corrected chi connectivity index (χ1v) is 9.83. The fourth-order valence-corrected chi connectivity index (χ4v) is 3.21. The smallest absolute Gasteiger partial charge is 0.326 e. The zero-order valence-corrected chi connectivity index (χ0v) is 15.6. The Morgan fingerprint density at radius 2 is 1.93 bits per heavy atom. The van der Waals surface area contributed by atoms with E-state index < -0.39 is 17.9 Å². The first-order chi connectivity index (χ1) is 13.1. The van der Waals surface area contributed by atoms with Crippen molar-refractivity contribution in [3.8, 4) is 11.4 Å². The predicted molar refractivity (Wildman–Crippen MR) is 107 cm³/mol. The highest BCUT2D eigenvalue weighted by Gasteiger charge is 2.22. The quantitative estimate of drug-likeness (QED) is 0.653. The van der Waals surface area contributed by atoms with Gasteiger partial charge in [0.25, 0.3) is 5.91 Å². The molecule has 0 saturated heterocycles. The monoisotopic (exact) mass is 381 g/mol. The zero-order valence-electron chi connectivity index (χ0n) is 14.8. The van der Waals surface area contributed by atoms with Crippen molar-refractivity contribution in [1.82, 2.24) is 15.3 Å². The van der Waals surface area contributed by atoms with Crippen LogP contribution in [0.1, 0.15) is 16.8 Å². The molecule has 6 nitrogen and oxygen atoms in total. The molecule has 1 unspecified atom stereocenters. The van der Waals surface area contributed by atoms with E-state index in [1.807, 2.05) is 36.6 Å². The molecule has 0 fully saturated rings. The number of carbonyl (C=O) groups is 2. The number of aromatic nitrogens is 2. The van der Waals surface area contributed by atoms with Gasteiger partial charge < -0.3 is 10.4 Å². The molecule has 1 atom stereocenters. The minimum atomic E-state index is -1.04. The summed E-state index contributed by atoms with van der Waals surface area (Å²) in [5, 5.41) is 12.7. The number of amides is 1. The van der Waals surface area contributed by atoms with Gasteiger partial charge in [0.15, 0.2) is 0 Å². The van der Waals surface area contributed by atoms with Gasteiger partial charge in [0.05, 0.1) is 22.5 Å². The van der Waals surface area contributed by atoms with Crippen molar-refractivity contribution < 1.29 is 14.7 Å². The SMILES string of the molecule is CSCCC(NC(=O)c1cc(-c2ccccn2)nc2ccccc12)C(=O)O. The third-order valence-corrected chi connectivity index (χ3v) is 4.75. The van der Waals surface area contributed by atoms with Crippen LogP contribution in [-0.2, 0) is 4.79 Å². The molecule has 3 rings (SSSR count). The van der Waals surface area contributed by atoms with Gasteiger partial charge in [-0.2, -0.15) is 11.8 Å². The minimum Gasteiger partial charge on any atom is -0.480 e. The second kappa shape index (κ2) is 8.64. The van der Waals surface area contributed by atoms with Gasteiger partial charge in [-0.25, -0.2) is 9.78 Å². The second-order valence-electron chi connectivity index (χ2n) is 5.93. The van der Waals surface area contributed by atoms with Crippen molar-refractivity contribution in [2.45, 2.75) is 12.5 Å². The summed E-state index contributed by atoms with van der Waals surface area (Å²) in [6, 6.07) is 13.5. The molecule has 138 valence electrons. The number of fused-ring (bicyclic) bond motifs is 1. The van der Waals surface area contributed by atoms with Crippen LogP contribution in [0.4, 0.5) is 0 Å². The van der Waals surface area contributed by atoms with Gasteiger partial charge in [-0.3, -0.25) is 9.78 Å². The number of carbonyl (C=O) groups excluding carboxylic acids is 1. The highest BCUT2D eigenvalue weighted by atomic mass is 32.2. The van der Waals surface area contributed by atoms with Crippen LogP contribution in [0.15, 0.2) is 54.7 Å². The Labute approximate surface area is 161 Å². The lowest BCUT2D eigenvalue weighted by atomic mass is 10.0. The number of carboxylic acids is 1. The van der Waals surface area contributed by atoms with E-state index in [4.69, 9.17) is 0 Å². The van der Waals surface area contributed by atoms with Gasteiger partial charge >= 0.3 is 5.97 Å². The fraction of sp³-hybridized carbons (Fsp3) is 0.200. The average molecular weight is 381 g/mol. The number of aliphatic carboxylic acids is 1. The Morgan fingerprint density at radius 3 is 2.63 bits per heavy atom. The van der Waals surface area contributed by atoms with Gasteiger partial charge in [0, 0.05) is 11.6 Å². The Balaban J connectivity index is 2.01. The molecule has 0 aliphatic rings. The highest BCUT2D eigenvalue weighted by molar-refractivity contribution is 7.98. The summed E-state index contributed by atoms with van der Waals surface area (Å²) < 4.78 is 0. The predicted octanol–water partition coefficient (Wildman–Crippen LogP) is 3.23. The first kappa shape index (κ1) is 18.8. The molecule has 7 heteroatoms. The lowest BCUT2D eigenvalue weighted by molar-refractivity contribution is -0.139. The standard InChI is InChI=1S/C20H19N3O3S/c1-27-11-9-17(20(25)26)23-19(24)14-12-18(16-8-4-5-10-21-16)22-15-7-3-2-6-13(14)15/h2-8,10,12,17H,9,11H2,1H3,(H,23,24)(H,25,26). The van der Waals surface area contributed by atoms with Gasteiger partial charge in [0.2, 0.25) is 0 Å². The van der Waals surface area contributed by atoms with Crippen molar-refractivity contribution in [1.29, 1.82) is 0 Å². The van der Waals surface area contributed by atoms with Crippen molar-refractivity contribution in [3.05, 3.63) is 60.3 Å². The van der Waals surface area contributed by atoms with E-state index in [1.165, 1.54) is 11.8 Å². The van der Waals surface area contributed by atoms with Crippen molar-refractivity contribution in [2.24, 2.45) is 0 Å². The zero-order chi connectivity index (χ0) is 19.2. The van der Waals surface area contributed by atoms with E-state index in [1.54, 1.807) is 24.4 Å². The number of hydrogen-bond acceptors (Lipinski definition) is 5. The van der Waals surface area contributed by atoms with E-state index in [-0.39, 0.29) is 0 Å². The number of pyridine rings is 2. The molecular weight excluding hydrogens is 362 g/mol. The summed E-state index contributed by atoms with van der Waals surface area (Å²) in [6.45, 7) is 0. The summed E-state index contributed by atoms with van der Waals surface area (Å²) in [5.41, 5.74) is 2.25. The summed E-state index contributed by atoms with van der Waals surface area (Å²) in [6.07, 6.45) is 3.92. The first-order valence-electron chi connectivity index (χ1n) is 8.44. The van der Waals surface area contributed by atoms with Gasteiger partial charge in [-0.15, -0.1) is 0 Å². The highest BCUT2D eigenvalue weighted by Crippen LogP contribution is 2.23. The van der Waals surface area contributed by atoms with E-state index in [9.17, 15) is 14.7 Å². The normalized spacial score (nSPS) is 11.9. The number of thioether (sulfide) groups is 1. The maximum atomic E-state index is 12.9. The summed E-state index contributed by atoms with van der Waals surface area (Å²) in [7, 11) is 0. The third kappa shape index (κ3) is 4.43. The number of nitrogens with one attached hydrogen (secondary N) is 1. The number of carboxylic acid groups (broad SMARTS) is 1. The molecule has 0 bridgehead atoms. The van der Waals surface area contributed by atoms with Crippen LogP contribution in [0.2, 0.25) is 0 Å². The number of benzene rings is 1. The molecular formula is C20H19N3O3S. The van der Waals surface area contributed by atoms with E-state index in [0.717, 1.165) is 0 Å². The Kier molecular flexibility index (Phi) is 6.03. The number of rotatable bonds is 7. The Bertz CT molecular complexity index is 963. The Morgan fingerprint density at radius 1 is 1.15 bits per heavy atom. The van der Waals surface area contributed by atoms with Crippen LogP contribution in [0, 0.1) is 0 Å². The van der Waals surface area contributed by atoms with Crippen molar-refractivity contribution in [3.63, 3.8) is 0 Å². The number of hydrogen-bond donors (Lipinski definition) is 2. The van der Waals surface area contributed by atoms with E-state index >= 15 is 0 Å². The van der Waals surface area contributed by atoms with Crippen LogP contribution >= 0.6 is 11.8 Å². The van der Waals surface area contributed by atoms with E-state index in [2.05, 4.69) is 15.3 Å². The second-order valence-corrected chi connectivity index (χ2v) is 6.92. The van der Waals surface area contributed by atoms with Gasteiger partial charge in [-0.1, -0.05) is 24.3 Å². The largest absolute Gasteiger partial charge is 0.480 e. The molecule has 2 aromatic heterocycles. The molecule has 0 aliphatic carbocycles.